The molecule has 1 aliphatic heterocycles. The quantitative estimate of drug-likeness (QED) is 0.189. The maximum Gasteiger partial charge on any atom is 0.159 e. The molecule has 6 nitrogen and oxygen atoms in total. The average Bonchev–Trinajstić information content (AvgIpc) is 3.98. The molecule has 1 atom stereocenters. The molecule has 13 rings (SSSR count). The smallest absolute Gasteiger partial charge is 0.159 e. The van der Waals surface area contributed by atoms with Crippen LogP contribution in [0.3, 0.4) is 0 Å². The number of benzene rings is 9. The Morgan fingerprint density at radius 3 is 1.84 bits per heavy atom. The maximum atomic E-state index is 6.74. The van der Waals surface area contributed by atoms with Crippen molar-refractivity contribution in [3.05, 3.63) is 217 Å². The van der Waals surface area contributed by atoms with Gasteiger partial charge in [-0.1, -0.05) is 140 Å². The molecule has 61 heavy (non-hydrogen) atoms. The normalized spacial score (nSPS) is 14.4. The Morgan fingerprint density at radius 1 is 0.443 bits per heavy atom. The summed E-state index contributed by atoms with van der Waals surface area (Å²) in [7, 11) is 0. The molecule has 12 aromatic rings. The number of amidine groups is 2. The number of para-hydroxylation sites is 4. The molecule has 0 radical (unpaired) electrons. The summed E-state index contributed by atoms with van der Waals surface area (Å²) in [6.45, 7) is 0. The van der Waals surface area contributed by atoms with E-state index >= 15 is 0 Å². The fourth-order valence-corrected chi connectivity index (χ4v) is 9.58. The van der Waals surface area contributed by atoms with Crippen LogP contribution in [0.5, 0.6) is 0 Å². The molecule has 4 heterocycles. The number of aliphatic imine (C=N–C) groups is 2. The van der Waals surface area contributed by atoms with Crippen molar-refractivity contribution < 1.29 is 4.42 Å². The van der Waals surface area contributed by atoms with Gasteiger partial charge in [0.1, 0.15) is 23.2 Å². The van der Waals surface area contributed by atoms with Crippen LogP contribution in [0.4, 0.5) is 0 Å². The van der Waals surface area contributed by atoms with Gasteiger partial charge in [0, 0.05) is 55.2 Å². The predicted octanol–water partition coefficient (Wildman–Crippen LogP) is 13.4. The van der Waals surface area contributed by atoms with Crippen molar-refractivity contribution in [1.82, 2.24) is 14.5 Å². The number of furan rings is 1. The third-order valence-corrected chi connectivity index (χ3v) is 12.3. The molecule has 0 saturated heterocycles. The lowest BCUT2D eigenvalue weighted by molar-refractivity contribution is 0.667. The molecular formula is C55H35N5O. The van der Waals surface area contributed by atoms with E-state index in [4.69, 9.17) is 14.4 Å². The molecule has 1 aliphatic rings. The standard InChI is InChI=1S/C55H35N5O/c1-3-15-34(16-4-1)53-56-54(37-27-28-42-40-21-9-12-24-46(40)59(48(42)31-37)38-19-5-2-6-20-38)58-55(57-53)45-32-39(33-51-52(45)43-23-11-14-26-50(43)61-51)60-47-25-13-10-22-41(47)44-29-35-17-7-8-18-36(35)30-49(44)60/h1-33,53H,(H,56,57,58). The second-order valence-electron chi connectivity index (χ2n) is 15.8. The second kappa shape index (κ2) is 13.1. The van der Waals surface area contributed by atoms with Gasteiger partial charge >= 0.3 is 0 Å². The molecule has 1 unspecified atom stereocenters. The Kier molecular flexibility index (Phi) is 7.27. The fourth-order valence-electron chi connectivity index (χ4n) is 9.58. The zero-order valence-electron chi connectivity index (χ0n) is 32.8. The van der Waals surface area contributed by atoms with Crippen LogP contribution < -0.4 is 5.32 Å². The Morgan fingerprint density at radius 2 is 1.05 bits per heavy atom. The SMILES string of the molecule is c1ccc(C2N=C(c3ccc4c5ccccc5n(-c5ccccc5)c4c3)N=C(c3cc(-n4c5ccccc5c5cc6ccccc6cc54)cc4oc5ccccc5c34)N2)cc1. The highest BCUT2D eigenvalue weighted by Crippen LogP contribution is 2.40. The third-order valence-electron chi connectivity index (χ3n) is 12.3. The summed E-state index contributed by atoms with van der Waals surface area (Å²) >= 11 is 0. The first-order valence-electron chi connectivity index (χ1n) is 20.7. The van der Waals surface area contributed by atoms with Gasteiger partial charge in [0.2, 0.25) is 0 Å². The minimum absolute atomic E-state index is 0.393. The summed E-state index contributed by atoms with van der Waals surface area (Å²) < 4.78 is 11.5. The van der Waals surface area contributed by atoms with Gasteiger partial charge in [-0.25, -0.2) is 9.98 Å². The summed E-state index contributed by atoms with van der Waals surface area (Å²) in [5.41, 5.74) is 11.1. The summed E-state index contributed by atoms with van der Waals surface area (Å²) in [6, 6.07) is 70.9. The largest absolute Gasteiger partial charge is 0.456 e. The van der Waals surface area contributed by atoms with Crippen molar-refractivity contribution in [3.8, 4) is 11.4 Å². The van der Waals surface area contributed by atoms with E-state index in [-0.39, 0.29) is 0 Å². The van der Waals surface area contributed by atoms with Crippen LogP contribution in [0, 0.1) is 0 Å². The average molecular weight is 782 g/mol. The summed E-state index contributed by atoms with van der Waals surface area (Å²) in [4.78, 5) is 10.8. The van der Waals surface area contributed by atoms with Gasteiger partial charge in [-0.3, -0.25) is 0 Å². The number of rotatable bonds is 5. The minimum atomic E-state index is -0.393. The topological polar surface area (TPSA) is 59.8 Å². The highest BCUT2D eigenvalue weighted by Gasteiger charge is 2.26. The van der Waals surface area contributed by atoms with Gasteiger partial charge in [-0.15, -0.1) is 0 Å². The van der Waals surface area contributed by atoms with Crippen LogP contribution in [0.2, 0.25) is 0 Å². The molecule has 6 heteroatoms. The number of hydrogen-bond donors (Lipinski definition) is 1. The molecule has 9 aromatic carbocycles. The first kappa shape index (κ1) is 33.7. The van der Waals surface area contributed by atoms with E-state index in [1.54, 1.807) is 0 Å². The van der Waals surface area contributed by atoms with Gasteiger partial charge in [0.25, 0.3) is 0 Å². The zero-order chi connectivity index (χ0) is 40.0. The highest BCUT2D eigenvalue weighted by atomic mass is 16.3. The van der Waals surface area contributed by atoms with Gasteiger partial charge < -0.3 is 18.9 Å². The Balaban J connectivity index is 1.07. The second-order valence-corrected chi connectivity index (χ2v) is 15.8. The highest BCUT2D eigenvalue weighted by molar-refractivity contribution is 6.23. The summed E-state index contributed by atoms with van der Waals surface area (Å²) in [6.07, 6.45) is -0.393. The van der Waals surface area contributed by atoms with E-state index in [0.717, 1.165) is 77.9 Å². The Hall–Kier alpha value is -8.22. The van der Waals surface area contributed by atoms with E-state index in [1.165, 1.54) is 32.3 Å². The number of aromatic nitrogens is 2. The Labute approximate surface area is 349 Å². The van der Waals surface area contributed by atoms with Gasteiger partial charge in [-0.05, 0) is 70.9 Å². The van der Waals surface area contributed by atoms with Crippen LogP contribution >= 0.6 is 0 Å². The number of nitrogens with one attached hydrogen (secondary N) is 1. The van der Waals surface area contributed by atoms with Crippen molar-refractivity contribution in [2.24, 2.45) is 9.98 Å². The molecule has 0 bridgehead atoms. The third kappa shape index (κ3) is 5.22. The van der Waals surface area contributed by atoms with E-state index in [1.807, 2.05) is 18.2 Å². The van der Waals surface area contributed by atoms with Crippen LogP contribution in [0.1, 0.15) is 22.9 Å². The van der Waals surface area contributed by atoms with Crippen molar-refractivity contribution in [3.63, 3.8) is 0 Å². The van der Waals surface area contributed by atoms with Gasteiger partial charge in [0.05, 0.1) is 27.8 Å². The lowest BCUT2D eigenvalue weighted by Crippen LogP contribution is -2.33. The van der Waals surface area contributed by atoms with E-state index in [0.29, 0.717) is 5.84 Å². The minimum Gasteiger partial charge on any atom is -0.456 e. The molecule has 286 valence electrons. The fraction of sp³-hybridized carbons (Fsp3) is 0.0182. The summed E-state index contributed by atoms with van der Waals surface area (Å²) in [5, 5.41) is 13.0. The first-order valence-corrected chi connectivity index (χ1v) is 20.7. The van der Waals surface area contributed by atoms with E-state index in [2.05, 4.69) is 196 Å². The first-order chi connectivity index (χ1) is 30.2. The molecule has 1 N–H and O–H groups in total. The monoisotopic (exact) mass is 781 g/mol. The molecule has 0 aliphatic carbocycles. The molecule has 0 fully saturated rings. The zero-order valence-corrected chi connectivity index (χ0v) is 32.8. The molecule has 3 aromatic heterocycles. The number of hydrogen-bond acceptors (Lipinski definition) is 4. The van der Waals surface area contributed by atoms with Crippen molar-refractivity contribution in [1.29, 1.82) is 0 Å². The lowest BCUT2D eigenvalue weighted by Gasteiger charge is -2.24. The molecule has 0 saturated carbocycles. The van der Waals surface area contributed by atoms with Crippen LogP contribution in [-0.2, 0) is 0 Å². The van der Waals surface area contributed by atoms with Crippen molar-refractivity contribution in [2.75, 3.05) is 0 Å². The maximum absolute atomic E-state index is 6.74. The number of nitrogens with zero attached hydrogens (tertiary/aromatic N) is 4. The van der Waals surface area contributed by atoms with Crippen LogP contribution in [0.15, 0.2) is 215 Å². The Bertz CT molecular complexity index is 3800. The van der Waals surface area contributed by atoms with E-state index in [9.17, 15) is 0 Å². The van der Waals surface area contributed by atoms with Gasteiger partial charge in [0.15, 0.2) is 5.84 Å². The molecule has 0 amide bonds. The van der Waals surface area contributed by atoms with Crippen LogP contribution in [0.25, 0.3) is 87.7 Å². The lowest BCUT2D eigenvalue weighted by atomic mass is 10.0. The van der Waals surface area contributed by atoms with E-state index < -0.39 is 6.17 Å². The predicted molar refractivity (Wildman–Crippen MR) is 252 cm³/mol. The molecular weight excluding hydrogens is 747 g/mol. The van der Waals surface area contributed by atoms with Crippen molar-refractivity contribution >= 4 is 88.0 Å². The number of fused-ring (bicyclic) bond motifs is 10. The van der Waals surface area contributed by atoms with Gasteiger partial charge in [-0.2, -0.15) is 0 Å². The molecule has 0 spiro atoms. The summed E-state index contributed by atoms with van der Waals surface area (Å²) in [5.74, 6) is 1.39. The van der Waals surface area contributed by atoms with Crippen molar-refractivity contribution in [2.45, 2.75) is 6.17 Å². The van der Waals surface area contributed by atoms with Crippen LogP contribution in [-0.4, -0.2) is 20.8 Å².